The molecule has 0 aromatic carbocycles. The summed E-state index contributed by atoms with van der Waals surface area (Å²) in [6, 6.07) is -1.43. The molecule has 0 aromatic rings. The van der Waals surface area contributed by atoms with E-state index in [-0.39, 0.29) is 36.4 Å². The van der Waals surface area contributed by atoms with Crippen LogP contribution in [-0.4, -0.2) is 70.3 Å². The van der Waals surface area contributed by atoms with E-state index < -0.39 is 47.1 Å². The van der Waals surface area contributed by atoms with Crippen LogP contribution < -0.4 is 5.32 Å². The van der Waals surface area contributed by atoms with Gasteiger partial charge in [-0.05, 0) is 57.8 Å². The lowest BCUT2D eigenvalue weighted by molar-refractivity contribution is -0.155. The number of ether oxygens (including phenoxy) is 2. The van der Waals surface area contributed by atoms with E-state index in [0.29, 0.717) is 19.3 Å². The molecule has 0 aliphatic carbocycles. The third-order valence-corrected chi connectivity index (χ3v) is 7.33. The van der Waals surface area contributed by atoms with Gasteiger partial charge < -0.3 is 24.8 Å². The van der Waals surface area contributed by atoms with Crippen molar-refractivity contribution in [3.8, 4) is 0 Å². The lowest BCUT2D eigenvalue weighted by Gasteiger charge is -2.40. The van der Waals surface area contributed by atoms with Gasteiger partial charge in [-0.25, -0.2) is 0 Å². The molecule has 194 valence electrons. The van der Waals surface area contributed by atoms with Crippen LogP contribution >= 0.6 is 0 Å². The smallest absolute Gasteiger partial charge is 0.312 e. The van der Waals surface area contributed by atoms with Crippen molar-refractivity contribution >= 4 is 17.8 Å². The van der Waals surface area contributed by atoms with Gasteiger partial charge in [0, 0.05) is 5.54 Å². The van der Waals surface area contributed by atoms with Crippen molar-refractivity contribution in [3.05, 3.63) is 0 Å². The first kappa shape index (κ1) is 26.9. The van der Waals surface area contributed by atoms with Crippen molar-refractivity contribution < 1.29 is 29.0 Å². The highest BCUT2D eigenvalue weighted by Crippen LogP contribution is 2.59. The summed E-state index contributed by atoms with van der Waals surface area (Å²) in [5.74, 6) is -2.28. The van der Waals surface area contributed by atoms with Gasteiger partial charge >= 0.3 is 5.97 Å². The van der Waals surface area contributed by atoms with Crippen LogP contribution in [-0.2, 0) is 23.9 Å². The molecule has 2 bridgehead atoms. The molecule has 1 spiro atoms. The fourth-order valence-electron chi connectivity index (χ4n) is 6.88. The third kappa shape index (κ3) is 4.85. The van der Waals surface area contributed by atoms with Gasteiger partial charge in [0.05, 0.1) is 37.2 Å². The van der Waals surface area contributed by atoms with E-state index in [4.69, 9.17) is 9.47 Å². The number of rotatable bonds is 9. The van der Waals surface area contributed by atoms with E-state index >= 15 is 0 Å². The quantitative estimate of drug-likeness (QED) is 0.492. The van der Waals surface area contributed by atoms with Gasteiger partial charge in [0.25, 0.3) is 0 Å². The second kappa shape index (κ2) is 9.41. The lowest BCUT2D eigenvalue weighted by Crippen LogP contribution is -2.61. The molecule has 2 N–H and O–H groups in total. The minimum Gasteiger partial charge on any atom is -0.466 e. The molecule has 6 atom stereocenters. The van der Waals surface area contributed by atoms with Crippen LogP contribution in [0.5, 0.6) is 0 Å². The average molecular weight is 481 g/mol. The fraction of sp³-hybridized carbons (Fsp3) is 0.885. The Morgan fingerprint density at radius 2 is 1.91 bits per heavy atom. The Bertz CT molecular complexity index is 804. The SMILES string of the molecule is CCOC(=O)[C@@H]1[C@@H]2CC[C@]3(O2)[C@H](C(=O)NC(C)(C)CC(C)(C)C)N([C@@H](CO)CC(C)C)C(=O)[C@@H]13. The fourth-order valence-corrected chi connectivity index (χ4v) is 6.88. The number of esters is 1. The predicted molar refractivity (Wildman–Crippen MR) is 128 cm³/mol. The number of likely N-dealkylation sites (tertiary alicyclic amines) is 1. The molecule has 0 aromatic heterocycles. The summed E-state index contributed by atoms with van der Waals surface area (Å²) >= 11 is 0. The summed E-state index contributed by atoms with van der Waals surface area (Å²) in [6.45, 7) is 16.1. The summed E-state index contributed by atoms with van der Waals surface area (Å²) in [5.41, 5.74) is -1.60. The predicted octanol–water partition coefficient (Wildman–Crippen LogP) is 2.66. The molecule has 34 heavy (non-hydrogen) atoms. The summed E-state index contributed by atoms with van der Waals surface area (Å²) in [7, 11) is 0. The first-order valence-electron chi connectivity index (χ1n) is 12.8. The van der Waals surface area contributed by atoms with Crippen LogP contribution in [0.15, 0.2) is 0 Å². The largest absolute Gasteiger partial charge is 0.466 e. The van der Waals surface area contributed by atoms with E-state index in [1.807, 2.05) is 27.7 Å². The second-order valence-corrected chi connectivity index (χ2v) is 12.6. The molecule has 8 nitrogen and oxygen atoms in total. The Kier molecular flexibility index (Phi) is 7.46. The van der Waals surface area contributed by atoms with Gasteiger partial charge in [-0.2, -0.15) is 0 Å². The zero-order valence-corrected chi connectivity index (χ0v) is 22.1. The molecule has 0 radical (unpaired) electrons. The number of carbonyl (C=O) groups excluding carboxylic acids is 3. The van der Waals surface area contributed by atoms with Crippen LogP contribution in [0, 0.1) is 23.2 Å². The molecular weight excluding hydrogens is 436 g/mol. The number of nitrogens with zero attached hydrogens (tertiary/aromatic N) is 1. The van der Waals surface area contributed by atoms with Crippen molar-refractivity contribution in [1.82, 2.24) is 10.2 Å². The molecule has 0 unspecified atom stereocenters. The second-order valence-electron chi connectivity index (χ2n) is 12.6. The Morgan fingerprint density at radius 1 is 1.26 bits per heavy atom. The summed E-state index contributed by atoms with van der Waals surface area (Å²) in [5, 5.41) is 13.5. The first-order chi connectivity index (χ1) is 15.7. The van der Waals surface area contributed by atoms with E-state index in [9.17, 15) is 19.5 Å². The van der Waals surface area contributed by atoms with Gasteiger partial charge in [0.1, 0.15) is 11.6 Å². The molecule has 0 saturated carbocycles. The normalized spacial score (nSPS) is 31.7. The minimum atomic E-state index is -1.08. The Morgan fingerprint density at radius 3 is 2.44 bits per heavy atom. The maximum absolute atomic E-state index is 14.0. The van der Waals surface area contributed by atoms with Gasteiger partial charge in [-0.1, -0.05) is 34.6 Å². The lowest BCUT2D eigenvalue weighted by atomic mass is 9.70. The van der Waals surface area contributed by atoms with Crippen LogP contribution in [0.3, 0.4) is 0 Å². The number of hydrogen-bond acceptors (Lipinski definition) is 6. The van der Waals surface area contributed by atoms with Crippen molar-refractivity contribution in [2.75, 3.05) is 13.2 Å². The summed E-state index contributed by atoms with van der Waals surface area (Å²) in [6.07, 6.45) is 1.99. The molecule has 3 aliphatic heterocycles. The number of hydrogen-bond donors (Lipinski definition) is 2. The van der Waals surface area contributed by atoms with Crippen molar-refractivity contribution in [2.45, 2.75) is 110 Å². The molecule has 3 rings (SSSR count). The van der Waals surface area contributed by atoms with Gasteiger partial charge in [-0.3, -0.25) is 14.4 Å². The van der Waals surface area contributed by atoms with Crippen molar-refractivity contribution in [2.24, 2.45) is 23.2 Å². The van der Waals surface area contributed by atoms with Crippen LogP contribution in [0.2, 0.25) is 0 Å². The maximum atomic E-state index is 14.0. The number of aliphatic hydroxyl groups excluding tert-OH is 1. The summed E-state index contributed by atoms with van der Waals surface area (Å²) < 4.78 is 11.7. The third-order valence-electron chi connectivity index (χ3n) is 7.33. The Hall–Kier alpha value is -1.67. The standard InChI is InChI=1S/C26H44N2O6/c1-9-33-23(32)18-17-10-11-26(34-17)19(18)22(31)28(16(13-29)12-15(2)3)20(26)21(30)27-25(7,8)14-24(4,5)6/h15-20,29H,9-14H2,1-8H3,(H,27,30)/t16-,17+,18-,19-,20+,26-/m1/s1. The van der Waals surface area contributed by atoms with Crippen molar-refractivity contribution in [3.63, 3.8) is 0 Å². The molecule has 3 saturated heterocycles. The minimum absolute atomic E-state index is 0.00855. The topological polar surface area (TPSA) is 105 Å². The summed E-state index contributed by atoms with van der Waals surface area (Å²) in [4.78, 5) is 42.3. The molecule has 3 heterocycles. The van der Waals surface area contributed by atoms with Crippen molar-refractivity contribution in [1.29, 1.82) is 0 Å². The van der Waals surface area contributed by atoms with Crippen LogP contribution in [0.4, 0.5) is 0 Å². The highest BCUT2D eigenvalue weighted by atomic mass is 16.6. The Balaban J connectivity index is 2.02. The number of fused-ring (bicyclic) bond motifs is 1. The van der Waals surface area contributed by atoms with Gasteiger partial charge in [0.15, 0.2) is 0 Å². The Labute approximate surface area is 204 Å². The zero-order chi connectivity index (χ0) is 25.6. The van der Waals surface area contributed by atoms with E-state index in [1.54, 1.807) is 11.8 Å². The van der Waals surface area contributed by atoms with Gasteiger partial charge in [-0.15, -0.1) is 0 Å². The number of carbonyl (C=O) groups is 3. The van der Waals surface area contributed by atoms with E-state index in [1.165, 1.54) is 0 Å². The molecule has 3 aliphatic rings. The number of aliphatic hydroxyl groups is 1. The molecule has 2 amide bonds. The monoisotopic (exact) mass is 480 g/mol. The van der Waals surface area contributed by atoms with Crippen LogP contribution in [0.25, 0.3) is 0 Å². The van der Waals surface area contributed by atoms with E-state index in [0.717, 1.165) is 6.42 Å². The van der Waals surface area contributed by atoms with E-state index in [2.05, 4.69) is 26.1 Å². The van der Waals surface area contributed by atoms with Gasteiger partial charge in [0.2, 0.25) is 11.8 Å². The zero-order valence-electron chi connectivity index (χ0n) is 22.1. The highest BCUT2D eigenvalue weighted by molar-refractivity contribution is 5.98. The molecule has 8 heteroatoms. The molecule has 3 fully saturated rings. The number of nitrogens with one attached hydrogen (secondary N) is 1. The molecular formula is C26H44N2O6. The average Bonchev–Trinajstić information content (AvgIpc) is 3.31. The number of amides is 2. The van der Waals surface area contributed by atoms with Crippen LogP contribution in [0.1, 0.15) is 81.1 Å². The highest BCUT2D eigenvalue weighted by Gasteiger charge is 2.75. The maximum Gasteiger partial charge on any atom is 0.312 e. The first-order valence-corrected chi connectivity index (χ1v) is 12.8.